The van der Waals surface area contributed by atoms with Crippen LogP contribution in [0.25, 0.3) is 0 Å². The van der Waals surface area contributed by atoms with Gasteiger partial charge in [0.15, 0.2) is 11.5 Å². The van der Waals surface area contributed by atoms with Gasteiger partial charge in [0.2, 0.25) is 6.79 Å². The number of nitrogens with one attached hydrogen (secondary N) is 2. The molecule has 0 amide bonds. The number of halogens is 1. The molecule has 5 heteroatoms. The van der Waals surface area contributed by atoms with Crippen LogP contribution in [-0.4, -0.2) is 26.4 Å². The minimum absolute atomic E-state index is 0.289. The summed E-state index contributed by atoms with van der Waals surface area (Å²) in [6.45, 7) is 4.38. The number of benzene rings is 1. The molecule has 2 heterocycles. The summed E-state index contributed by atoms with van der Waals surface area (Å²) >= 11 is 6.08. The Labute approximate surface area is 118 Å². The molecule has 0 unspecified atom stereocenters. The van der Waals surface area contributed by atoms with Gasteiger partial charge in [-0.1, -0.05) is 11.6 Å². The lowest BCUT2D eigenvalue weighted by Gasteiger charge is -2.23. The van der Waals surface area contributed by atoms with Gasteiger partial charge in [-0.05, 0) is 44.5 Å². The van der Waals surface area contributed by atoms with Gasteiger partial charge >= 0.3 is 0 Å². The van der Waals surface area contributed by atoms with Crippen molar-refractivity contribution in [1.82, 2.24) is 10.6 Å². The van der Waals surface area contributed by atoms with Gasteiger partial charge in [-0.25, -0.2) is 0 Å². The van der Waals surface area contributed by atoms with Crippen LogP contribution in [0.4, 0.5) is 0 Å². The highest BCUT2D eigenvalue weighted by Crippen LogP contribution is 2.38. The molecule has 1 aromatic rings. The van der Waals surface area contributed by atoms with Crippen LogP contribution in [0.3, 0.4) is 0 Å². The number of rotatable bonds is 4. The van der Waals surface area contributed by atoms with Crippen LogP contribution in [0.15, 0.2) is 12.1 Å². The first-order chi connectivity index (χ1) is 9.33. The Balaban J connectivity index is 1.57. The molecule has 0 aromatic heterocycles. The second-order valence-electron chi connectivity index (χ2n) is 5.12. The van der Waals surface area contributed by atoms with Crippen LogP contribution in [0, 0.1) is 5.92 Å². The van der Waals surface area contributed by atoms with Crippen molar-refractivity contribution in [3.05, 3.63) is 22.7 Å². The van der Waals surface area contributed by atoms with Gasteiger partial charge in [-0.3, -0.25) is 0 Å². The molecule has 1 saturated heterocycles. The lowest BCUT2D eigenvalue weighted by molar-refractivity contribution is 0.173. The van der Waals surface area contributed by atoms with Crippen LogP contribution >= 0.6 is 11.6 Å². The monoisotopic (exact) mass is 282 g/mol. The third kappa shape index (κ3) is 3.14. The molecule has 1 fully saturated rings. The van der Waals surface area contributed by atoms with Crippen molar-refractivity contribution >= 4 is 11.6 Å². The molecule has 0 radical (unpaired) electrons. The van der Waals surface area contributed by atoms with Crippen LogP contribution in [0.2, 0.25) is 5.02 Å². The summed E-state index contributed by atoms with van der Waals surface area (Å²) in [5, 5.41) is 7.59. The molecule has 19 heavy (non-hydrogen) atoms. The van der Waals surface area contributed by atoms with E-state index in [2.05, 4.69) is 10.6 Å². The van der Waals surface area contributed by atoms with Crippen molar-refractivity contribution in [2.75, 3.05) is 26.4 Å². The Kier molecular flexibility index (Phi) is 4.11. The maximum atomic E-state index is 6.08. The summed E-state index contributed by atoms with van der Waals surface area (Å²) in [5.41, 5.74) is 1.08. The molecule has 2 N–H and O–H groups in total. The Morgan fingerprint density at radius 2 is 2.11 bits per heavy atom. The van der Waals surface area contributed by atoms with E-state index in [4.69, 9.17) is 21.1 Å². The van der Waals surface area contributed by atoms with Crippen molar-refractivity contribution < 1.29 is 9.47 Å². The van der Waals surface area contributed by atoms with E-state index in [-0.39, 0.29) is 6.79 Å². The minimum atomic E-state index is 0.289. The summed E-state index contributed by atoms with van der Waals surface area (Å²) in [4.78, 5) is 0. The van der Waals surface area contributed by atoms with Crippen molar-refractivity contribution in [2.24, 2.45) is 5.92 Å². The first-order valence-corrected chi connectivity index (χ1v) is 7.20. The Morgan fingerprint density at radius 3 is 2.95 bits per heavy atom. The average Bonchev–Trinajstić information content (AvgIpc) is 2.88. The summed E-state index contributed by atoms with van der Waals surface area (Å²) in [6, 6.07) is 3.75. The molecule has 0 atom stereocenters. The molecule has 1 aromatic carbocycles. The SMILES string of the molecule is Clc1cc(CNCC2CCNCC2)c2c(c1)OCO2. The van der Waals surface area contributed by atoms with E-state index in [0.29, 0.717) is 5.02 Å². The maximum absolute atomic E-state index is 6.08. The van der Waals surface area contributed by atoms with E-state index < -0.39 is 0 Å². The molecule has 0 spiro atoms. The van der Waals surface area contributed by atoms with Gasteiger partial charge in [-0.15, -0.1) is 0 Å². The Bertz CT molecular complexity index is 447. The largest absolute Gasteiger partial charge is 0.454 e. The van der Waals surface area contributed by atoms with Gasteiger partial charge in [0.1, 0.15) is 0 Å². The standard InChI is InChI=1S/C14H19ClN2O2/c15-12-5-11(14-13(6-12)18-9-19-14)8-17-7-10-1-3-16-4-2-10/h5-6,10,16-17H,1-4,7-9H2. The lowest BCUT2D eigenvalue weighted by atomic mass is 9.98. The first-order valence-electron chi connectivity index (χ1n) is 6.82. The highest BCUT2D eigenvalue weighted by molar-refractivity contribution is 6.30. The Morgan fingerprint density at radius 1 is 1.26 bits per heavy atom. The van der Waals surface area contributed by atoms with E-state index in [0.717, 1.165) is 49.2 Å². The number of hydrogen-bond acceptors (Lipinski definition) is 4. The van der Waals surface area contributed by atoms with Gasteiger partial charge in [0.25, 0.3) is 0 Å². The molecule has 0 bridgehead atoms. The van der Waals surface area contributed by atoms with Crippen molar-refractivity contribution in [3.8, 4) is 11.5 Å². The molecule has 3 rings (SSSR count). The van der Waals surface area contributed by atoms with E-state index in [1.54, 1.807) is 6.07 Å². The summed E-state index contributed by atoms with van der Waals surface area (Å²) in [6.07, 6.45) is 2.50. The normalized spacial score (nSPS) is 18.8. The number of hydrogen-bond donors (Lipinski definition) is 2. The van der Waals surface area contributed by atoms with Crippen LogP contribution in [0.5, 0.6) is 11.5 Å². The number of fused-ring (bicyclic) bond motifs is 1. The molecule has 2 aliphatic heterocycles. The van der Waals surface area contributed by atoms with Gasteiger partial charge in [0, 0.05) is 23.2 Å². The Hall–Kier alpha value is -0.970. The topological polar surface area (TPSA) is 42.5 Å². The zero-order chi connectivity index (χ0) is 13.1. The van der Waals surface area contributed by atoms with Gasteiger partial charge in [-0.2, -0.15) is 0 Å². The van der Waals surface area contributed by atoms with Gasteiger partial charge in [0.05, 0.1) is 0 Å². The summed E-state index contributed by atoms with van der Waals surface area (Å²) in [7, 11) is 0. The summed E-state index contributed by atoms with van der Waals surface area (Å²) in [5.74, 6) is 2.36. The number of ether oxygens (including phenoxy) is 2. The quantitative estimate of drug-likeness (QED) is 0.888. The summed E-state index contributed by atoms with van der Waals surface area (Å²) < 4.78 is 10.9. The molecule has 0 aliphatic carbocycles. The van der Waals surface area contributed by atoms with Crippen molar-refractivity contribution in [1.29, 1.82) is 0 Å². The highest BCUT2D eigenvalue weighted by Gasteiger charge is 2.19. The van der Waals surface area contributed by atoms with E-state index in [1.165, 1.54) is 12.8 Å². The fourth-order valence-corrected chi connectivity index (χ4v) is 2.90. The maximum Gasteiger partial charge on any atom is 0.231 e. The predicted octanol–water partition coefficient (Wildman–Crippen LogP) is 2.16. The zero-order valence-electron chi connectivity index (χ0n) is 10.9. The second kappa shape index (κ2) is 5.99. The van der Waals surface area contributed by atoms with Gasteiger partial charge < -0.3 is 20.1 Å². The number of piperidine rings is 1. The van der Waals surface area contributed by atoms with Crippen molar-refractivity contribution in [2.45, 2.75) is 19.4 Å². The second-order valence-corrected chi connectivity index (χ2v) is 5.56. The van der Waals surface area contributed by atoms with Crippen molar-refractivity contribution in [3.63, 3.8) is 0 Å². The zero-order valence-corrected chi connectivity index (χ0v) is 11.6. The first kappa shape index (κ1) is 13.0. The molecular weight excluding hydrogens is 264 g/mol. The molecule has 0 saturated carbocycles. The van der Waals surface area contributed by atoms with Crippen LogP contribution in [0.1, 0.15) is 18.4 Å². The van der Waals surface area contributed by atoms with E-state index >= 15 is 0 Å². The van der Waals surface area contributed by atoms with Crippen LogP contribution < -0.4 is 20.1 Å². The lowest BCUT2D eigenvalue weighted by Crippen LogP contribution is -2.33. The molecule has 2 aliphatic rings. The van der Waals surface area contributed by atoms with Crippen LogP contribution in [-0.2, 0) is 6.54 Å². The smallest absolute Gasteiger partial charge is 0.231 e. The van der Waals surface area contributed by atoms with E-state index in [1.807, 2.05) is 6.07 Å². The third-order valence-corrected chi connectivity index (χ3v) is 3.94. The highest BCUT2D eigenvalue weighted by atomic mass is 35.5. The molecule has 104 valence electrons. The molecule has 4 nitrogen and oxygen atoms in total. The van der Waals surface area contributed by atoms with E-state index in [9.17, 15) is 0 Å². The fourth-order valence-electron chi connectivity index (χ4n) is 2.67. The molecular formula is C14H19ClN2O2. The predicted molar refractivity (Wildman–Crippen MR) is 74.9 cm³/mol. The third-order valence-electron chi connectivity index (χ3n) is 3.72. The average molecular weight is 283 g/mol. The fraction of sp³-hybridized carbons (Fsp3) is 0.571. The minimum Gasteiger partial charge on any atom is -0.454 e.